The van der Waals surface area contributed by atoms with Crippen LogP contribution in [0.5, 0.6) is 0 Å². The van der Waals surface area contributed by atoms with E-state index in [0.29, 0.717) is 41.9 Å². The molecule has 10 atom stereocenters. The predicted octanol–water partition coefficient (Wildman–Crippen LogP) is 4.28. The van der Waals surface area contributed by atoms with Crippen molar-refractivity contribution in [3.8, 4) is 0 Å². The minimum Gasteiger partial charge on any atom is -0.393 e. The van der Waals surface area contributed by atoms with Crippen LogP contribution in [0.4, 0.5) is 0 Å². The fourth-order valence-electron chi connectivity index (χ4n) is 8.96. The number of rotatable bonds is 5. The molecule has 30 heavy (non-hydrogen) atoms. The maximum atomic E-state index is 11.3. The van der Waals surface area contributed by atoms with Crippen LogP contribution in [0.25, 0.3) is 0 Å². The number of aliphatic hydroxyl groups is 2. The molecule has 5 nitrogen and oxygen atoms in total. The van der Waals surface area contributed by atoms with Crippen molar-refractivity contribution in [1.29, 1.82) is 0 Å². The fourth-order valence-corrected chi connectivity index (χ4v) is 9.50. The molecule has 4 aliphatic carbocycles. The molecule has 0 spiro atoms. The Bertz CT molecular complexity index is 738. The van der Waals surface area contributed by atoms with E-state index in [1.807, 2.05) is 0 Å². The SMILES string of the molecule is C[C@H](CCCS(=O)(=O)O)C1CC[C@H]2[C@@H]3[C@H](O)CC4C[C@H](O)CC[C@]4(C)[C@H]3CC[C@]12C. The summed E-state index contributed by atoms with van der Waals surface area (Å²) in [5.41, 5.74) is 0.473. The number of aliphatic hydroxyl groups excluding tert-OH is 2. The zero-order valence-electron chi connectivity index (χ0n) is 19.0. The molecule has 174 valence electrons. The minimum atomic E-state index is -3.88. The van der Waals surface area contributed by atoms with E-state index < -0.39 is 10.1 Å². The number of fused-ring (bicyclic) bond motifs is 5. The molecule has 4 rings (SSSR count). The van der Waals surface area contributed by atoms with Crippen LogP contribution >= 0.6 is 0 Å². The van der Waals surface area contributed by atoms with Gasteiger partial charge in [0.05, 0.1) is 18.0 Å². The molecule has 6 heteroatoms. The Morgan fingerprint density at radius 3 is 2.33 bits per heavy atom. The molecular weight excluding hydrogens is 400 g/mol. The first kappa shape index (κ1) is 23.0. The van der Waals surface area contributed by atoms with E-state index in [1.54, 1.807) is 0 Å². The van der Waals surface area contributed by atoms with E-state index in [0.717, 1.165) is 32.1 Å². The lowest BCUT2D eigenvalue weighted by Crippen LogP contribution is -2.58. The van der Waals surface area contributed by atoms with Gasteiger partial charge in [-0.05, 0) is 111 Å². The maximum Gasteiger partial charge on any atom is 0.264 e. The van der Waals surface area contributed by atoms with Gasteiger partial charge < -0.3 is 10.2 Å². The summed E-state index contributed by atoms with van der Waals surface area (Å²) in [4.78, 5) is 0. The second kappa shape index (κ2) is 8.00. The highest BCUT2D eigenvalue weighted by Gasteiger charge is 2.62. The monoisotopic (exact) mass is 442 g/mol. The first-order valence-electron chi connectivity index (χ1n) is 12.3. The van der Waals surface area contributed by atoms with E-state index in [1.165, 1.54) is 25.7 Å². The van der Waals surface area contributed by atoms with Crippen molar-refractivity contribution < 1.29 is 23.2 Å². The van der Waals surface area contributed by atoms with Crippen molar-refractivity contribution in [3.63, 3.8) is 0 Å². The van der Waals surface area contributed by atoms with Crippen LogP contribution in [0.15, 0.2) is 0 Å². The summed E-state index contributed by atoms with van der Waals surface area (Å²) in [7, 11) is -3.88. The summed E-state index contributed by atoms with van der Waals surface area (Å²) in [5, 5.41) is 21.5. The Labute approximate surface area is 182 Å². The molecule has 0 aromatic heterocycles. The number of hydrogen-bond acceptors (Lipinski definition) is 4. The van der Waals surface area contributed by atoms with Gasteiger partial charge in [0.15, 0.2) is 0 Å². The van der Waals surface area contributed by atoms with Gasteiger partial charge in [0, 0.05) is 0 Å². The Hall–Kier alpha value is -0.170. The first-order valence-corrected chi connectivity index (χ1v) is 13.9. The van der Waals surface area contributed by atoms with Crippen molar-refractivity contribution in [2.75, 3.05) is 5.75 Å². The second-order valence-corrected chi connectivity index (χ2v) is 13.4. The van der Waals surface area contributed by atoms with Gasteiger partial charge in [-0.25, -0.2) is 0 Å². The first-order chi connectivity index (χ1) is 14.0. The molecule has 4 fully saturated rings. The van der Waals surface area contributed by atoms with Crippen LogP contribution in [0.1, 0.15) is 85.0 Å². The van der Waals surface area contributed by atoms with Gasteiger partial charge in [-0.3, -0.25) is 4.55 Å². The van der Waals surface area contributed by atoms with Gasteiger partial charge in [-0.1, -0.05) is 20.8 Å². The predicted molar refractivity (Wildman–Crippen MR) is 117 cm³/mol. The quantitative estimate of drug-likeness (QED) is 0.552. The lowest BCUT2D eigenvalue weighted by Gasteiger charge is -2.62. The van der Waals surface area contributed by atoms with Crippen LogP contribution in [-0.2, 0) is 10.1 Å². The maximum absolute atomic E-state index is 11.3. The third-order valence-corrected chi connectivity index (χ3v) is 11.3. The number of hydrogen-bond donors (Lipinski definition) is 3. The van der Waals surface area contributed by atoms with Crippen molar-refractivity contribution in [1.82, 2.24) is 0 Å². The molecule has 0 saturated heterocycles. The van der Waals surface area contributed by atoms with E-state index in [2.05, 4.69) is 20.8 Å². The molecule has 0 aromatic carbocycles. The van der Waals surface area contributed by atoms with E-state index in [-0.39, 0.29) is 28.8 Å². The molecular formula is C24H42O5S. The molecule has 4 saturated carbocycles. The van der Waals surface area contributed by atoms with Crippen LogP contribution in [0.2, 0.25) is 0 Å². The average Bonchev–Trinajstić information content (AvgIpc) is 2.99. The summed E-state index contributed by atoms with van der Waals surface area (Å²) in [6.07, 6.45) is 9.31. The van der Waals surface area contributed by atoms with Crippen LogP contribution in [0, 0.1) is 46.3 Å². The zero-order chi connectivity index (χ0) is 21.9. The molecule has 3 N–H and O–H groups in total. The molecule has 0 amide bonds. The summed E-state index contributed by atoms with van der Waals surface area (Å²) in [6, 6.07) is 0. The summed E-state index contributed by atoms with van der Waals surface area (Å²) < 4.78 is 31.2. The molecule has 0 radical (unpaired) electrons. The highest BCUT2D eigenvalue weighted by atomic mass is 32.2. The van der Waals surface area contributed by atoms with Crippen molar-refractivity contribution in [3.05, 3.63) is 0 Å². The van der Waals surface area contributed by atoms with Crippen LogP contribution < -0.4 is 0 Å². The van der Waals surface area contributed by atoms with Crippen molar-refractivity contribution in [2.24, 2.45) is 46.3 Å². The molecule has 0 heterocycles. The summed E-state index contributed by atoms with van der Waals surface area (Å²) >= 11 is 0. The van der Waals surface area contributed by atoms with Gasteiger partial charge in [0.1, 0.15) is 0 Å². The topological polar surface area (TPSA) is 94.8 Å². The summed E-state index contributed by atoms with van der Waals surface area (Å²) in [5.74, 6) is 2.78. The summed E-state index contributed by atoms with van der Waals surface area (Å²) in [6.45, 7) is 7.14. The third kappa shape index (κ3) is 3.88. The smallest absolute Gasteiger partial charge is 0.264 e. The molecule has 0 aliphatic heterocycles. The van der Waals surface area contributed by atoms with Gasteiger partial charge in [-0.2, -0.15) is 8.42 Å². The van der Waals surface area contributed by atoms with Crippen molar-refractivity contribution >= 4 is 10.1 Å². The highest BCUT2D eigenvalue weighted by Crippen LogP contribution is 2.68. The van der Waals surface area contributed by atoms with E-state index in [9.17, 15) is 18.6 Å². The van der Waals surface area contributed by atoms with Gasteiger partial charge >= 0.3 is 0 Å². The second-order valence-electron chi connectivity index (χ2n) is 11.9. The third-order valence-electron chi connectivity index (χ3n) is 10.5. The van der Waals surface area contributed by atoms with Crippen LogP contribution in [0.3, 0.4) is 0 Å². The lowest BCUT2D eigenvalue weighted by molar-refractivity contribution is -0.174. The highest BCUT2D eigenvalue weighted by molar-refractivity contribution is 7.85. The molecule has 4 aliphatic rings. The van der Waals surface area contributed by atoms with Gasteiger partial charge in [-0.15, -0.1) is 0 Å². The molecule has 0 bridgehead atoms. The Morgan fingerprint density at radius 1 is 0.967 bits per heavy atom. The van der Waals surface area contributed by atoms with Crippen molar-refractivity contribution in [2.45, 2.75) is 97.2 Å². The molecule has 2 unspecified atom stereocenters. The van der Waals surface area contributed by atoms with Crippen LogP contribution in [-0.4, -0.2) is 41.1 Å². The average molecular weight is 443 g/mol. The zero-order valence-corrected chi connectivity index (χ0v) is 19.8. The van der Waals surface area contributed by atoms with E-state index >= 15 is 0 Å². The largest absolute Gasteiger partial charge is 0.393 e. The van der Waals surface area contributed by atoms with E-state index in [4.69, 9.17) is 4.55 Å². The molecule has 0 aromatic rings. The Kier molecular flexibility index (Phi) is 6.13. The van der Waals surface area contributed by atoms with Gasteiger partial charge in [0.25, 0.3) is 10.1 Å². The standard InChI is InChI=1S/C24H42O5S/c1-15(5-4-12-30(27,28)29)18-6-7-19-22-20(9-11-24(18,19)3)23(2)10-8-17(25)13-16(23)14-21(22)26/h15-22,25-26H,4-14H2,1-3H3,(H,27,28,29)/t15-,16?,17-,18?,19+,20+,21-,22+,23+,24-/m1/s1. The Balaban J connectivity index is 1.50. The Morgan fingerprint density at radius 2 is 1.63 bits per heavy atom. The fraction of sp³-hybridized carbons (Fsp3) is 1.00. The normalized spacial score (nSPS) is 49.7. The lowest BCUT2D eigenvalue weighted by atomic mass is 9.43. The minimum absolute atomic E-state index is 0.140. The van der Waals surface area contributed by atoms with Gasteiger partial charge in [0.2, 0.25) is 0 Å².